The van der Waals surface area contributed by atoms with Crippen molar-refractivity contribution in [1.82, 2.24) is 4.31 Å². The molecule has 2 N–H and O–H groups in total. The van der Waals surface area contributed by atoms with Crippen molar-refractivity contribution in [2.24, 2.45) is 5.92 Å². The van der Waals surface area contributed by atoms with Crippen LogP contribution < -0.4 is 5.73 Å². The number of anilines is 1. The highest BCUT2D eigenvalue weighted by atomic mass is 32.2. The normalized spacial score (nSPS) is 12.2. The number of rotatable bonds is 8. The molecule has 0 aliphatic rings. The Morgan fingerprint density at radius 1 is 1.35 bits per heavy atom. The molecular weight excluding hydrogens is 292 g/mol. The Hall–Kier alpha value is -0.720. The average Bonchev–Trinajstić information content (AvgIpc) is 2.35. The monoisotopic (exact) mass is 316 g/mol. The van der Waals surface area contributed by atoms with Gasteiger partial charge in [0.1, 0.15) is 0 Å². The molecule has 0 atom stereocenters. The summed E-state index contributed by atoms with van der Waals surface area (Å²) in [5, 5.41) is 0. The number of benzene rings is 1. The van der Waals surface area contributed by atoms with Gasteiger partial charge in [0, 0.05) is 29.4 Å². The Bertz CT molecular complexity index is 516. The van der Waals surface area contributed by atoms with Crippen molar-refractivity contribution in [3.8, 4) is 0 Å². The third-order valence-electron chi connectivity index (χ3n) is 2.78. The molecule has 0 amide bonds. The van der Waals surface area contributed by atoms with Crippen molar-refractivity contribution in [3.05, 3.63) is 24.3 Å². The molecule has 4 nitrogen and oxygen atoms in total. The van der Waals surface area contributed by atoms with Gasteiger partial charge in [0.05, 0.1) is 5.75 Å². The first kappa shape index (κ1) is 17.3. The molecule has 0 aliphatic carbocycles. The Morgan fingerprint density at radius 2 is 2.05 bits per heavy atom. The first-order valence-corrected chi connectivity index (χ1v) is 9.40. The second-order valence-electron chi connectivity index (χ2n) is 5.08. The molecule has 0 saturated carbocycles. The number of nitrogens with two attached hydrogens (primary N) is 1. The fraction of sp³-hybridized carbons (Fsp3) is 0.571. The molecule has 1 aromatic rings. The van der Waals surface area contributed by atoms with E-state index in [1.165, 1.54) is 11.8 Å². The fourth-order valence-electron chi connectivity index (χ4n) is 1.84. The highest BCUT2D eigenvalue weighted by molar-refractivity contribution is 8.00. The maximum Gasteiger partial charge on any atom is 0.214 e. The average molecular weight is 316 g/mol. The second-order valence-corrected chi connectivity index (χ2v) is 8.34. The Kier molecular flexibility index (Phi) is 6.85. The van der Waals surface area contributed by atoms with Crippen LogP contribution in [0, 0.1) is 5.92 Å². The lowest BCUT2D eigenvalue weighted by atomic mass is 10.2. The van der Waals surface area contributed by atoms with Crippen LogP contribution in [0.5, 0.6) is 0 Å². The lowest BCUT2D eigenvalue weighted by molar-refractivity contribution is 0.381. The van der Waals surface area contributed by atoms with Crippen LogP contribution in [0.25, 0.3) is 0 Å². The fourth-order valence-corrected chi connectivity index (χ4v) is 4.83. The maximum absolute atomic E-state index is 12.2. The summed E-state index contributed by atoms with van der Waals surface area (Å²) in [4.78, 5) is 1.01. The SMILES string of the molecule is CCN(CC(C)C)S(=O)(=O)CCSc1cccc(N)c1. The van der Waals surface area contributed by atoms with Crippen molar-refractivity contribution >= 4 is 27.5 Å². The van der Waals surface area contributed by atoms with E-state index in [-0.39, 0.29) is 5.75 Å². The Balaban J connectivity index is 2.54. The van der Waals surface area contributed by atoms with E-state index < -0.39 is 10.0 Å². The first-order chi connectivity index (χ1) is 9.35. The zero-order valence-electron chi connectivity index (χ0n) is 12.4. The topological polar surface area (TPSA) is 63.4 Å². The number of thioether (sulfide) groups is 1. The Morgan fingerprint density at radius 3 is 2.60 bits per heavy atom. The molecule has 0 bridgehead atoms. The van der Waals surface area contributed by atoms with E-state index in [4.69, 9.17) is 5.73 Å². The molecule has 1 rings (SSSR count). The van der Waals surface area contributed by atoms with Crippen molar-refractivity contribution in [2.45, 2.75) is 25.7 Å². The van der Waals surface area contributed by atoms with E-state index >= 15 is 0 Å². The van der Waals surface area contributed by atoms with Gasteiger partial charge < -0.3 is 5.73 Å². The summed E-state index contributed by atoms with van der Waals surface area (Å²) >= 11 is 1.52. The largest absolute Gasteiger partial charge is 0.399 e. The lowest BCUT2D eigenvalue weighted by Crippen LogP contribution is -2.36. The minimum Gasteiger partial charge on any atom is -0.399 e. The molecule has 0 aromatic heterocycles. The van der Waals surface area contributed by atoms with Gasteiger partial charge in [-0.15, -0.1) is 11.8 Å². The molecule has 1 aromatic carbocycles. The van der Waals surface area contributed by atoms with Gasteiger partial charge in [0.2, 0.25) is 10.0 Å². The molecule has 0 saturated heterocycles. The number of hydrogen-bond acceptors (Lipinski definition) is 4. The van der Waals surface area contributed by atoms with Crippen molar-refractivity contribution in [2.75, 3.05) is 30.3 Å². The first-order valence-electron chi connectivity index (χ1n) is 6.81. The molecular formula is C14H24N2O2S2. The van der Waals surface area contributed by atoms with E-state index in [0.717, 1.165) is 4.90 Å². The van der Waals surface area contributed by atoms with Crippen LogP contribution in [-0.2, 0) is 10.0 Å². The van der Waals surface area contributed by atoms with Crippen LogP contribution in [0.2, 0.25) is 0 Å². The van der Waals surface area contributed by atoms with E-state index in [9.17, 15) is 8.42 Å². The van der Waals surface area contributed by atoms with Gasteiger partial charge in [-0.3, -0.25) is 0 Å². The molecule has 0 heterocycles. The van der Waals surface area contributed by atoms with Gasteiger partial charge in [0.25, 0.3) is 0 Å². The molecule has 0 spiro atoms. The zero-order chi connectivity index (χ0) is 15.2. The van der Waals surface area contributed by atoms with Crippen LogP contribution in [0.1, 0.15) is 20.8 Å². The summed E-state index contributed by atoms with van der Waals surface area (Å²) in [6.45, 7) is 7.05. The van der Waals surface area contributed by atoms with Gasteiger partial charge >= 0.3 is 0 Å². The summed E-state index contributed by atoms with van der Waals surface area (Å²) in [6.07, 6.45) is 0. The third kappa shape index (κ3) is 5.73. The van der Waals surface area contributed by atoms with Crippen molar-refractivity contribution in [3.63, 3.8) is 0 Å². The van der Waals surface area contributed by atoms with E-state index in [2.05, 4.69) is 0 Å². The second kappa shape index (κ2) is 7.90. The molecule has 20 heavy (non-hydrogen) atoms. The summed E-state index contributed by atoms with van der Waals surface area (Å²) in [7, 11) is -3.17. The van der Waals surface area contributed by atoms with Crippen molar-refractivity contribution in [1.29, 1.82) is 0 Å². The van der Waals surface area contributed by atoms with Crippen molar-refractivity contribution < 1.29 is 8.42 Å². The molecule has 6 heteroatoms. The predicted molar refractivity (Wildman–Crippen MR) is 87.5 cm³/mol. The molecule has 114 valence electrons. The van der Waals surface area contributed by atoms with Crippen LogP contribution in [-0.4, -0.2) is 37.3 Å². The Labute approximate surface area is 126 Å². The zero-order valence-corrected chi connectivity index (χ0v) is 14.0. The standard InChI is InChI=1S/C14H24N2O2S2/c1-4-16(11-12(2)3)20(17,18)9-8-19-14-7-5-6-13(15)10-14/h5-7,10,12H,4,8-9,11,15H2,1-3H3. The van der Waals surface area contributed by atoms with Crippen LogP contribution in [0.4, 0.5) is 5.69 Å². The molecule has 0 aliphatic heterocycles. The molecule has 0 radical (unpaired) electrons. The van der Waals surface area contributed by atoms with Gasteiger partial charge in [-0.2, -0.15) is 0 Å². The highest BCUT2D eigenvalue weighted by Crippen LogP contribution is 2.21. The number of hydrogen-bond donors (Lipinski definition) is 1. The maximum atomic E-state index is 12.2. The van der Waals surface area contributed by atoms with Crippen LogP contribution >= 0.6 is 11.8 Å². The summed E-state index contributed by atoms with van der Waals surface area (Å²) < 4.78 is 26.1. The number of nitrogens with zero attached hydrogens (tertiary/aromatic N) is 1. The summed E-state index contributed by atoms with van der Waals surface area (Å²) in [6, 6.07) is 7.51. The minimum atomic E-state index is -3.17. The van der Waals surface area contributed by atoms with E-state index in [0.29, 0.717) is 30.4 Å². The summed E-state index contributed by atoms with van der Waals surface area (Å²) in [5.74, 6) is 1.04. The molecule has 0 unspecified atom stereocenters. The van der Waals surface area contributed by atoms with Gasteiger partial charge in [-0.05, 0) is 24.1 Å². The minimum absolute atomic E-state index is 0.160. The highest BCUT2D eigenvalue weighted by Gasteiger charge is 2.20. The van der Waals surface area contributed by atoms with Gasteiger partial charge in [-0.25, -0.2) is 12.7 Å². The van der Waals surface area contributed by atoms with Gasteiger partial charge in [0.15, 0.2) is 0 Å². The van der Waals surface area contributed by atoms with E-state index in [1.807, 2.05) is 45.0 Å². The van der Waals surface area contributed by atoms with E-state index in [1.54, 1.807) is 4.31 Å². The smallest absolute Gasteiger partial charge is 0.214 e. The lowest BCUT2D eigenvalue weighted by Gasteiger charge is -2.22. The third-order valence-corrected chi connectivity index (χ3v) is 5.95. The van der Waals surface area contributed by atoms with Gasteiger partial charge in [-0.1, -0.05) is 26.8 Å². The quantitative estimate of drug-likeness (QED) is 0.591. The predicted octanol–water partition coefficient (Wildman–Crippen LogP) is 2.67. The molecule has 0 fully saturated rings. The van der Waals surface area contributed by atoms with Crippen LogP contribution in [0.15, 0.2) is 29.2 Å². The number of sulfonamides is 1. The van der Waals surface area contributed by atoms with Crippen LogP contribution in [0.3, 0.4) is 0 Å². The summed E-state index contributed by atoms with van der Waals surface area (Å²) in [5.41, 5.74) is 6.40. The number of nitrogen functional groups attached to an aromatic ring is 1.